The molecule has 0 spiro atoms. The van der Waals surface area contributed by atoms with Gasteiger partial charge in [0.2, 0.25) is 5.78 Å². The number of ketones is 1. The van der Waals surface area contributed by atoms with Crippen molar-refractivity contribution in [1.29, 1.82) is 0 Å². The Kier molecular flexibility index (Phi) is 9.29. The summed E-state index contributed by atoms with van der Waals surface area (Å²) in [7, 11) is 1.82. The number of halogens is 1. The van der Waals surface area contributed by atoms with Crippen LogP contribution in [0.15, 0.2) is 48.7 Å². The molecule has 2 aromatic carbocycles. The van der Waals surface area contributed by atoms with Crippen molar-refractivity contribution >= 4 is 23.3 Å². The van der Waals surface area contributed by atoms with E-state index >= 15 is 0 Å². The lowest BCUT2D eigenvalue weighted by atomic mass is 10.0. The van der Waals surface area contributed by atoms with Crippen LogP contribution in [0.25, 0.3) is 11.3 Å². The van der Waals surface area contributed by atoms with Crippen molar-refractivity contribution in [3.63, 3.8) is 0 Å². The highest BCUT2D eigenvalue weighted by Gasteiger charge is 2.19. The molecule has 36 heavy (non-hydrogen) atoms. The Hall–Kier alpha value is -3.16. The van der Waals surface area contributed by atoms with Gasteiger partial charge in [-0.3, -0.25) is 9.59 Å². The summed E-state index contributed by atoms with van der Waals surface area (Å²) >= 11 is 6.28. The summed E-state index contributed by atoms with van der Waals surface area (Å²) in [6.07, 6.45) is 2.79. The number of amides is 1. The number of nitrogens with one attached hydrogen (secondary N) is 1. The number of benzene rings is 2. The van der Waals surface area contributed by atoms with Crippen LogP contribution in [-0.2, 0) is 13.5 Å². The number of carbonyl (C=O) groups excluding carboxylic acids is 2. The number of hydrogen-bond acceptors (Lipinski definition) is 5. The van der Waals surface area contributed by atoms with Crippen molar-refractivity contribution < 1.29 is 19.4 Å². The van der Waals surface area contributed by atoms with E-state index in [0.717, 1.165) is 16.8 Å². The van der Waals surface area contributed by atoms with Gasteiger partial charge in [0.1, 0.15) is 5.75 Å². The number of carbonyl (C=O) groups is 2. The van der Waals surface area contributed by atoms with Crippen LogP contribution in [0.3, 0.4) is 0 Å². The Labute approximate surface area is 217 Å². The Morgan fingerprint density at radius 2 is 1.81 bits per heavy atom. The summed E-state index contributed by atoms with van der Waals surface area (Å²) < 4.78 is 7.39. The fourth-order valence-electron chi connectivity index (χ4n) is 3.83. The minimum absolute atomic E-state index is 0.00586. The molecular weight excluding hydrogens is 478 g/mol. The number of aromatic nitrogens is 2. The predicted octanol–water partition coefficient (Wildman–Crippen LogP) is 5.09. The van der Waals surface area contributed by atoms with E-state index in [2.05, 4.69) is 10.3 Å². The van der Waals surface area contributed by atoms with Gasteiger partial charge in [-0.05, 0) is 50.5 Å². The van der Waals surface area contributed by atoms with Gasteiger partial charge in [-0.25, -0.2) is 4.98 Å². The first-order chi connectivity index (χ1) is 17.1. The van der Waals surface area contributed by atoms with E-state index in [1.165, 1.54) is 0 Å². The highest BCUT2D eigenvalue weighted by molar-refractivity contribution is 6.32. The molecule has 3 aromatic rings. The summed E-state index contributed by atoms with van der Waals surface area (Å²) in [5.41, 5.74) is 3.07. The average molecular weight is 512 g/mol. The van der Waals surface area contributed by atoms with Crippen LogP contribution in [0.2, 0.25) is 5.02 Å². The summed E-state index contributed by atoms with van der Waals surface area (Å²) in [6, 6.07) is 12.5. The number of aliphatic hydroxyl groups is 1. The lowest BCUT2D eigenvalue weighted by molar-refractivity contribution is 0.0919. The number of Topliss-reactive ketones (excluding diaryl/α,β-unsaturated/α-hetero) is 1. The molecule has 3 rings (SSSR count). The Bertz CT molecular complexity index is 1200. The van der Waals surface area contributed by atoms with Gasteiger partial charge in [0.25, 0.3) is 5.91 Å². The third-order valence-electron chi connectivity index (χ3n) is 5.72. The van der Waals surface area contributed by atoms with Crippen molar-refractivity contribution in [1.82, 2.24) is 14.9 Å². The lowest BCUT2D eigenvalue weighted by Gasteiger charge is -2.19. The number of rotatable bonds is 11. The molecule has 1 heterocycles. The monoisotopic (exact) mass is 511 g/mol. The molecule has 0 fully saturated rings. The summed E-state index contributed by atoms with van der Waals surface area (Å²) in [5.74, 6) is 0.593. The SMILES string of the molecule is CC(C)Oc1ccc(C(=O)N[C@H](CCO)Cc2ccc(-c3cn(C)c(C(=O)C(C)C)n3)cc2)cc1Cl. The molecular formula is C28H34ClN3O4. The second-order valence-corrected chi connectivity index (χ2v) is 9.88. The number of imidazole rings is 1. The van der Waals surface area contributed by atoms with Crippen LogP contribution in [-0.4, -0.2) is 45.1 Å². The molecule has 0 aliphatic carbocycles. The van der Waals surface area contributed by atoms with E-state index in [1.54, 1.807) is 22.8 Å². The zero-order chi connectivity index (χ0) is 26.4. The van der Waals surface area contributed by atoms with Gasteiger partial charge in [0.05, 0.1) is 16.8 Å². The Morgan fingerprint density at radius 3 is 2.39 bits per heavy atom. The van der Waals surface area contributed by atoms with Gasteiger partial charge in [0.15, 0.2) is 5.82 Å². The molecule has 0 aliphatic heterocycles. The van der Waals surface area contributed by atoms with Crippen LogP contribution >= 0.6 is 11.6 Å². The minimum Gasteiger partial charge on any atom is -0.489 e. The molecule has 192 valence electrons. The number of nitrogens with zero attached hydrogens (tertiary/aromatic N) is 2. The smallest absolute Gasteiger partial charge is 0.251 e. The molecule has 1 atom stereocenters. The second-order valence-electron chi connectivity index (χ2n) is 9.48. The normalized spacial score (nSPS) is 12.1. The predicted molar refractivity (Wildman–Crippen MR) is 142 cm³/mol. The molecule has 8 heteroatoms. The summed E-state index contributed by atoms with van der Waals surface area (Å²) in [6.45, 7) is 7.48. The van der Waals surface area contributed by atoms with Gasteiger partial charge in [-0.15, -0.1) is 0 Å². The largest absolute Gasteiger partial charge is 0.489 e. The second kappa shape index (κ2) is 12.2. The highest BCUT2D eigenvalue weighted by Crippen LogP contribution is 2.27. The summed E-state index contributed by atoms with van der Waals surface area (Å²) in [4.78, 5) is 29.7. The summed E-state index contributed by atoms with van der Waals surface area (Å²) in [5, 5.41) is 12.9. The van der Waals surface area contributed by atoms with E-state index in [-0.39, 0.29) is 36.4 Å². The maximum atomic E-state index is 12.9. The van der Waals surface area contributed by atoms with Gasteiger partial charge in [-0.1, -0.05) is 49.7 Å². The van der Waals surface area contributed by atoms with Crippen molar-refractivity contribution in [3.8, 4) is 17.0 Å². The van der Waals surface area contributed by atoms with Gasteiger partial charge >= 0.3 is 0 Å². The van der Waals surface area contributed by atoms with Crippen molar-refractivity contribution in [3.05, 3.63) is 70.6 Å². The Balaban J connectivity index is 1.69. The average Bonchev–Trinajstić information content (AvgIpc) is 3.21. The molecule has 7 nitrogen and oxygen atoms in total. The first kappa shape index (κ1) is 27.4. The van der Waals surface area contributed by atoms with Crippen molar-refractivity contribution in [2.24, 2.45) is 13.0 Å². The van der Waals surface area contributed by atoms with Crippen LogP contribution in [0, 0.1) is 5.92 Å². The van der Waals surface area contributed by atoms with Gasteiger partial charge < -0.3 is 19.7 Å². The molecule has 2 N–H and O–H groups in total. The molecule has 0 saturated carbocycles. The van der Waals surface area contributed by atoms with Gasteiger partial charge in [0, 0.05) is 42.9 Å². The maximum Gasteiger partial charge on any atom is 0.251 e. The number of hydrogen-bond donors (Lipinski definition) is 2. The number of aryl methyl sites for hydroxylation is 1. The van der Waals surface area contributed by atoms with Crippen LogP contribution in [0.5, 0.6) is 5.75 Å². The third-order valence-corrected chi connectivity index (χ3v) is 6.02. The van der Waals surface area contributed by atoms with Gasteiger partial charge in [-0.2, -0.15) is 0 Å². The molecule has 1 amide bonds. The fourth-order valence-corrected chi connectivity index (χ4v) is 4.06. The Morgan fingerprint density at radius 1 is 1.11 bits per heavy atom. The topological polar surface area (TPSA) is 93.5 Å². The standard InChI is InChI=1S/C28H34ClN3O4/c1-17(2)26(34)27-31-24(16-32(27)5)20-8-6-19(7-9-20)14-22(12-13-33)30-28(35)21-10-11-25(23(29)15-21)36-18(3)4/h6-11,15-18,22,33H,12-14H2,1-5H3,(H,30,35)/t22-/m1/s1. The molecule has 0 saturated heterocycles. The van der Waals surface area contributed by atoms with Crippen molar-refractivity contribution in [2.45, 2.75) is 52.7 Å². The lowest BCUT2D eigenvalue weighted by Crippen LogP contribution is -2.37. The number of ether oxygens (including phenoxy) is 1. The molecule has 1 aromatic heterocycles. The van der Waals surface area contributed by atoms with Crippen LogP contribution in [0.1, 0.15) is 60.7 Å². The van der Waals surface area contributed by atoms with E-state index < -0.39 is 0 Å². The fraction of sp³-hybridized carbons (Fsp3) is 0.393. The quantitative estimate of drug-likeness (QED) is 0.350. The number of aliphatic hydroxyl groups excluding tert-OH is 1. The van der Waals surface area contributed by atoms with E-state index in [0.29, 0.717) is 35.0 Å². The highest BCUT2D eigenvalue weighted by atomic mass is 35.5. The third kappa shape index (κ3) is 6.95. The van der Waals surface area contributed by atoms with E-state index in [4.69, 9.17) is 16.3 Å². The molecule has 0 radical (unpaired) electrons. The van der Waals surface area contributed by atoms with E-state index in [1.807, 2.05) is 65.2 Å². The molecule has 0 unspecified atom stereocenters. The van der Waals surface area contributed by atoms with Crippen molar-refractivity contribution in [2.75, 3.05) is 6.61 Å². The molecule has 0 bridgehead atoms. The first-order valence-corrected chi connectivity index (χ1v) is 12.5. The zero-order valence-electron chi connectivity index (χ0n) is 21.4. The molecule has 0 aliphatic rings. The first-order valence-electron chi connectivity index (χ1n) is 12.1. The minimum atomic E-state index is -0.265. The van der Waals surface area contributed by atoms with Crippen LogP contribution in [0.4, 0.5) is 0 Å². The zero-order valence-corrected chi connectivity index (χ0v) is 22.2. The van der Waals surface area contributed by atoms with Crippen LogP contribution < -0.4 is 10.1 Å². The maximum absolute atomic E-state index is 12.9. The van der Waals surface area contributed by atoms with E-state index in [9.17, 15) is 14.7 Å².